The van der Waals surface area contributed by atoms with E-state index in [1.54, 1.807) is 0 Å². The highest BCUT2D eigenvalue weighted by Gasteiger charge is 2.31. The first kappa shape index (κ1) is 19.6. The van der Waals surface area contributed by atoms with E-state index in [-0.39, 0.29) is 48.4 Å². The molecule has 2 unspecified atom stereocenters. The summed E-state index contributed by atoms with van der Waals surface area (Å²) in [5.41, 5.74) is 0.750. The number of nitrogens with zero attached hydrogens (tertiary/aromatic N) is 3. The molecule has 2 aliphatic heterocycles. The van der Waals surface area contributed by atoms with Gasteiger partial charge >= 0.3 is 0 Å². The molecule has 2 saturated heterocycles. The molecule has 0 aromatic heterocycles. The van der Waals surface area contributed by atoms with Crippen molar-refractivity contribution in [1.29, 1.82) is 0 Å². The first-order chi connectivity index (χ1) is 12.7. The number of carbonyl (C=O) groups excluding carboxylic acids is 1. The van der Waals surface area contributed by atoms with E-state index in [4.69, 9.17) is 4.74 Å². The normalized spacial score (nSPS) is 25.3. The summed E-state index contributed by atoms with van der Waals surface area (Å²) in [5, 5.41) is 11.2. The Balaban J connectivity index is 1.94. The van der Waals surface area contributed by atoms with Gasteiger partial charge in [-0.15, -0.1) is 0 Å². The molecule has 9 nitrogen and oxygen atoms in total. The van der Waals surface area contributed by atoms with Crippen LogP contribution in [0.4, 0.5) is 11.4 Å². The zero-order valence-electron chi connectivity index (χ0n) is 15.3. The fourth-order valence-corrected chi connectivity index (χ4v) is 4.74. The molecular formula is C17H23N3O6S. The number of benzene rings is 1. The van der Waals surface area contributed by atoms with Gasteiger partial charge in [0.15, 0.2) is 9.84 Å². The summed E-state index contributed by atoms with van der Waals surface area (Å²) in [6.07, 6.45) is -0.146. The van der Waals surface area contributed by atoms with Crippen molar-refractivity contribution in [2.24, 2.45) is 0 Å². The minimum Gasteiger partial charge on any atom is -0.372 e. The first-order valence-corrected chi connectivity index (χ1v) is 10.7. The van der Waals surface area contributed by atoms with Gasteiger partial charge in [-0.3, -0.25) is 14.9 Å². The van der Waals surface area contributed by atoms with Crippen molar-refractivity contribution in [3.05, 3.63) is 33.9 Å². The molecule has 0 aliphatic carbocycles. The maximum absolute atomic E-state index is 13.0. The summed E-state index contributed by atoms with van der Waals surface area (Å²) in [7, 11) is -3.10. The van der Waals surface area contributed by atoms with Crippen LogP contribution in [0.3, 0.4) is 0 Å². The summed E-state index contributed by atoms with van der Waals surface area (Å²) >= 11 is 0. The van der Waals surface area contributed by atoms with E-state index >= 15 is 0 Å². The lowest BCUT2D eigenvalue weighted by Gasteiger charge is -2.38. The molecule has 0 radical (unpaired) electrons. The Kier molecular flexibility index (Phi) is 5.38. The standard InChI is InChI=1S/C17H23N3O6S/c1-12-10-19(11-13(2)26-12)16-9-14(20(22)23)3-4-15(16)17(21)18-5-7-27(24,25)8-6-18/h3-4,9,12-13H,5-8,10-11H2,1-2H3. The number of sulfone groups is 1. The molecule has 1 aromatic rings. The van der Waals surface area contributed by atoms with Crippen LogP contribution in [0.15, 0.2) is 18.2 Å². The second-order valence-corrected chi connectivity index (χ2v) is 9.37. The Morgan fingerprint density at radius 3 is 2.33 bits per heavy atom. The number of hydrogen-bond donors (Lipinski definition) is 0. The molecular weight excluding hydrogens is 374 g/mol. The Morgan fingerprint density at radius 1 is 1.19 bits per heavy atom. The molecule has 10 heteroatoms. The number of ether oxygens (including phenoxy) is 1. The minimum atomic E-state index is -3.10. The van der Waals surface area contributed by atoms with E-state index < -0.39 is 14.8 Å². The van der Waals surface area contributed by atoms with Crippen LogP contribution < -0.4 is 4.90 Å². The SMILES string of the molecule is CC1CN(c2cc([N+](=O)[O-])ccc2C(=O)N2CCS(=O)(=O)CC2)CC(C)O1. The van der Waals surface area contributed by atoms with Gasteiger partial charge in [-0.2, -0.15) is 0 Å². The molecule has 2 fully saturated rings. The van der Waals surface area contributed by atoms with E-state index in [0.717, 1.165) is 0 Å². The molecule has 0 N–H and O–H groups in total. The third kappa shape index (κ3) is 4.38. The topological polar surface area (TPSA) is 110 Å². The molecule has 2 atom stereocenters. The fourth-order valence-electron chi connectivity index (χ4n) is 3.54. The number of morpholine rings is 1. The van der Waals surface area contributed by atoms with Crippen LogP contribution in [-0.2, 0) is 14.6 Å². The van der Waals surface area contributed by atoms with Crippen LogP contribution in [-0.4, -0.2) is 74.0 Å². The molecule has 3 rings (SSSR count). The van der Waals surface area contributed by atoms with E-state index in [2.05, 4.69) is 0 Å². The summed E-state index contributed by atoms with van der Waals surface area (Å²) in [5.74, 6) is -0.430. The van der Waals surface area contributed by atoms with Crippen molar-refractivity contribution in [3.8, 4) is 0 Å². The zero-order valence-corrected chi connectivity index (χ0v) is 16.1. The van der Waals surface area contributed by atoms with Crippen molar-refractivity contribution >= 4 is 27.1 Å². The maximum atomic E-state index is 13.0. The van der Waals surface area contributed by atoms with Crippen LogP contribution in [0.5, 0.6) is 0 Å². The van der Waals surface area contributed by atoms with Gasteiger partial charge < -0.3 is 14.5 Å². The number of rotatable bonds is 3. The maximum Gasteiger partial charge on any atom is 0.271 e. The first-order valence-electron chi connectivity index (χ1n) is 8.85. The van der Waals surface area contributed by atoms with Gasteiger partial charge in [0.05, 0.1) is 39.9 Å². The predicted octanol–water partition coefficient (Wildman–Crippen LogP) is 1.08. The van der Waals surface area contributed by atoms with Crippen molar-refractivity contribution in [3.63, 3.8) is 0 Å². The van der Waals surface area contributed by atoms with Gasteiger partial charge in [-0.1, -0.05) is 0 Å². The van der Waals surface area contributed by atoms with E-state index in [9.17, 15) is 23.3 Å². The number of anilines is 1. The monoisotopic (exact) mass is 397 g/mol. The van der Waals surface area contributed by atoms with E-state index in [1.807, 2.05) is 18.7 Å². The van der Waals surface area contributed by atoms with Gasteiger partial charge in [0.25, 0.3) is 11.6 Å². The third-order valence-electron chi connectivity index (χ3n) is 4.81. The summed E-state index contributed by atoms with van der Waals surface area (Å²) in [6.45, 7) is 5.12. The Morgan fingerprint density at radius 2 is 1.78 bits per heavy atom. The second kappa shape index (κ2) is 7.43. The van der Waals surface area contributed by atoms with Crippen molar-refractivity contribution in [2.75, 3.05) is 42.6 Å². The lowest BCUT2D eigenvalue weighted by atomic mass is 10.1. The van der Waals surface area contributed by atoms with Crippen molar-refractivity contribution in [1.82, 2.24) is 4.90 Å². The fraction of sp³-hybridized carbons (Fsp3) is 0.588. The van der Waals surface area contributed by atoms with Gasteiger partial charge in [0.1, 0.15) is 0 Å². The molecule has 1 aromatic carbocycles. The van der Waals surface area contributed by atoms with E-state index in [1.165, 1.54) is 23.1 Å². The average Bonchev–Trinajstić information content (AvgIpc) is 2.59. The van der Waals surface area contributed by atoms with Crippen LogP contribution >= 0.6 is 0 Å². The predicted molar refractivity (Wildman–Crippen MR) is 99.9 cm³/mol. The highest BCUT2D eigenvalue weighted by Crippen LogP contribution is 2.30. The summed E-state index contributed by atoms with van der Waals surface area (Å²) in [4.78, 5) is 27.2. The van der Waals surface area contributed by atoms with Crippen LogP contribution in [0.25, 0.3) is 0 Å². The Bertz CT molecular complexity index is 832. The molecule has 0 spiro atoms. The Hall–Kier alpha value is -2.20. The van der Waals surface area contributed by atoms with Crippen LogP contribution in [0.2, 0.25) is 0 Å². The molecule has 0 saturated carbocycles. The third-order valence-corrected chi connectivity index (χ3v) is 6.42. The van der Waals surface area contributed by atoms with Crippen molar-refractivity contribution < 1.29 is 22.9 Å². The largest absolute Gasteiger partial charge is 0.372 e. The summed E-state index contributed by atoms with van der Waals surface area (Å²) < 4.78 is 29.0. The highest BCUT2D eigenvalue weighted by molar-refractivity contribution is 7.91. The molecule has 148 valence electrons. The van der Waals surface area contributed by atoms with Crippen molar-refractivity contribution in [2.45, 2.75) is 26.1 Å². The van der Waals surface area contributed by atoms with Crippen LogP contribution in [0.1, 0.15) is 24.2 Å². The molecule has 2 aliphatic rings. The van der Waals surface area contributed by atoms with Gasteiger partial charge in [-0.25, -0.2) is 8.42 Å². The molecule has 0 bridgehead atoms. The number of hydrogen-bond acceptors (Lipinski definition) is 7. The number of non-ortho nitro benzene ring substituents is 1. The number of nitro groups is 1. The summed E-state index contributed by atoms with van der Waals surface area (Å²) in [6, 6.07) is 4.19. The smallest absolute Gasteiger partial charge is 0.271 e. The lowest BCUT2D eigenvalue weighted by Crippen LogP contribution is -2.47. The Labute approximate surface area is 158 Å². The minimum absolute atomic E-state index is 0.0628. The number of carbonyl (C=O) groups is 1. The van der Waals surface area contributed by atoms with Gasteiger partial charge in [0.2, 0.25) is 0 Å². The number of nitro benzene ring substituents is 1. The highest BCUT2D eigenvalue weighted by atomic mass is 32.2. The average molecular weight is 397 g/mol. The molecule has 1 amide bonds. The lowest BCUT2D eigenvalue weighted by molar-refractivity contribution is -0.384. The molecule has 2 heterocycles. The molecule has 27 heavy (non-hydrogen) atoms. The number of amides is 1. The van der Waals surface area contributed by atoms with Gasteiger partial charge in [0, 0.05) is 38.3 Å². The van der Waals surface area contributed by atoms with Gasteiger partial charge in [-0.05, 0) is 19.9 Å². The quantitative estimate of drug-likeness (QED) is 0.554. The zero-order chi connectivity index (χ0) is 19.8. The van der Waals surface area contributed by atoms with E-state index in [0.29, 0.717) is 24.3 Å². The van der Waals surface area contributed by atoms with Crippen LogP contribution in [0, 0.1) is 10.1 Å². The second-order valence-electron chi connectivity index (χ2n) is 7.06.